The summed E-state index contributed by atoms with van der Waals surface area (Å²) in [5.41, 5.74) is 1.61. The van der Waals surface area contributed by atoms with Crippen LogP contribution in [-0.2, 0) is 4.74 Å². The third-order valence-corrected chi connectivity index (χ3v) is 9.01. The molecule has 2 aromatic rings. The van der Waals surface area contributed by atoms with Crippen LogP contribution in [0.15, 0.2) is 24.3 Å². The van der Waals surface area contributed by atoms with E-state index >= 15 is 0 Å². The molecule has 0 radical (unpaired) electrons. The van der Waals surface area contributed by atoms with Gasteiger partial charge in [-0.1, -0.05) is 31.0 Å². The van der Waals surface area contributed by atoms with Crippen molar-refractivity contribution >= 4 is 16.8 Å². The van der Waals surface area contributed by atoms with Gasteiger partial charge in [-0.3, -0.25) is 19.3 Å². The van der Waals surface area contributed by atoms with E-state index in [1.54, 1.807) is 0 Å². The zero-order valence-electron chi connectivity index (χ0n) is 23.2. The van der Waals surface area contributed by atoms with Crippen molar-refractivity contribution < 1.29 is 9.53 Å². The van der Waals surface area contributed by atoms with Crippen LogP contribution in [0.4, 0.5) is 0 Å². The monoisotopic (exact) mass is 509 g/mol. The first-order valence-corrected chi connectivity index (χ1v) is 14.8. The summed E-state index contributed by atoms with van der Waals surface area (Å²) in [6.07, 6.45) is 12.6. The van der Waals surface area contributed by atoms with Gasteiger partial charge in [0.05, 0.1) is 12.1 Å². The SMILES string of the molecule is COC[C@@H]1CCCN1CCCCCCN1[C@@H]2CC[C@H]1CC(NC(=O)c1nn(C(C)C)c3ccccc13)C2. The molecule has 1 N–H and O–H groups in total. The van der Waals surface area contributed by atoms with Crippen LogP contribution in [0.25, 0.3) is 10.9 Å². The van der Waals surface area contributed by atoms with Crippen molar-refractivity contribution in [2.24, 2.45) is 0 Å². The van der Waals surface area contributed by atoms with Crippen LogP contribution in [0.3, 0.4) is 0 Å². The highest BCUT2D eigenvalue weighted by Gasteiger charge is 2.40. The summed E-state index contributed by atoms with van der Waals surface area (Å²) >= 11 is 0. The lowest BCUT2D eigenvalue weighted by Crippen LogP contribution is -2.50. The number of unbranched alkanes of at least 4 members (excludes halogenated alkanes) is 3. The number of carbonyl (C=O) groups excluding carboxylic acids is 1. The zero-order chi connectivity index (χ0) is 25.8. The minimum atomic E-state index is -0.0146. The normalized spacial score (nSPS) is 26.5. The smallest absolute Gasteiger partial charge is 0.272 e. The maximum Gasteiger partial charge on any atom is 0.272 e. The summed E-state index contributed by atoms with van der Waals surface area (Å²) in [6.45, 7) is 8.81. The van der Waals surface area contributed by atoms with Crippen molar-refractivity contribution in [3.05, 3.63) is 30.0 Å². The predicted octanol–water partition coefficient (Wildman–Crippen LogP) is 5.01. The van der Waals surface area contributed by atoms with E-state index in [4.69, 9.17) is 9.84 Å². The molecule has 1 aromatic heterocycles. The molecule has 3 aliphatic rings. The third-order valence-electron chi connectivity index (χ3n) is 9.01. The molecule has 5 rings (SSSR count). The number of fused-ring (bicyclic) bond motifs is 3. The molecule has 7 nitrogen and oxygen atoms in total. The highest BCUT2D eigenvalue weighted by atomic mass is 16.5. The fourth-order valence-electron chi connectivity index (χ4n) is 7.19. The molecule has 2 bridgehead atoms. The Morgan fingerprint density at radius 2 is 1.78 bits per heavy atom. The number of likely N-dealkylation sites (tertiary alicyclic amines) is 1. The number of nitrogens with zero attached hydrogens (tertiary/aromatic N) is 4. The molecule has 1 amide bonds. The van der Waals surface area contributed by atoms with E-state index in [9.17, 15) is 4.79 Å². The van der Waals surface area contributed by atoms with Gasteiger partial charge in [0.2, 0.25) is 0 Å². The van der Waals surface area contributed by atoms with Gasteiger partial charge in [0.25, 0.3) is 5.91 Å². The van der Waals surface area contributed by atoms with Crippen molar-refractivity contribution in [3.8, 4) is 0 Å². The second-order valence-corrected chi connectivity index (χ2v) is 11.9. The van der Waals surface area contributed by atoms with Crippen LogP contribution in [0, 0.1) is 0 Å². The molecule has 0 aliphatic carbocycles. The van der Waals surface area contributed by atoms with Crippen molar-refractivity contribution in [2.75, 3.05) is 33.4 Å². The number of aromatic nitrogens is 2. The van der Waals surface area contributed by atoms with Gasteiger partial charge in [-0.05, 0) is 90.9 Å². The Labute approximate surface area is 222 Å². The Balaban J connectivity index is 1.06. The fourth-order valence-corrected chi connectivity index (χ4v) is 7.19. The summed E-state index contributed by atoms with van der Waals surface area (Å²) in [6, 6.07) is 10.4. The molecule has 4 atom stereocenters. The Bertz CT molecular complexity index is 1020. The highest BCUT2D eigenvalue weighted by Crippen LogP contribution is 2.36. The maximum atomic E-state index is 13.3. The van der Waals surface area contributed by atoms with Gasteiger partial charge in [-0.2, -0.15) is 5.10 Å². The molecule has 1 aromatic carbocycles. The third kappa shape index (κ3) is 6.04. The Kier molecular flexibility index (Phi) is 8.83. The van der Waals surface area contributed by atoms with Crippen LogP contribution in [0.1, 0.15) is 94.6 Å². The fraction of sp³-hybridized carbons (Fsp3) is 0.733. The first-order valence-electron chi connectivity index (χ1n) is 14.8. The first kappa shape index (κ1) is 26.6. The van der Waals surface area contributed by atoms with E-state index in [1.807, 2.05) is 30.0 Å². The van der Waals surface area contributed by atoms with Crippen molar-refractivity contribution in [3.63, 3.8) is 0 Å². The van der Waals surface area contributed by atoms with Gasteiger partial charge in [0.15, 0.2) is 5.69 Å². The number of amides is 1. The van der Waals surface area contributed by atoms with E-state index in [-0.39, 0.29) is 18.0 Å². The Morgan fingerprint density at radius 3 is 2.51 bits per heavy atom. The summed E-state index contributed by atoms with van der Waals surface area (Å²) < 4.78 is 7.37. The van der Waals surface area contributed by atoms with E-state index in [0.29, 0.717) is 23.8 Å². The van der Waals surface area contributed by atoms with E-state index < -0.39 is 0 Å². The van der Waals surface area contributed by atoms with E-state index in [2.05, 4.69) is 35.0 Å². The summed E-state index contributed by atoms with van der Waals surface area (Å²) in [7, 11) is 1.82. The minimum Gasteiger partial charge on any atom is -0.383 e. The second-order valence-electron chi connectivity index (χ2n) is 11.9. The highest BCUT2D eigenvalue weighted by molar-refractivity contribution is 6.05. The number of carbonyl (C=O) groups is 1. The molecule has 4 heterocycles. The average Bonchev–Trinajstić information content (AvgIpc) is 3.56. The quantitative estimate of drug-likeness (QED) is 0.408. The van der Waals surface area contributed by atoms with Gasteiger partial charge < -0.3 is 10.1 Å². The van der Waals surface area contributed by atoms with Gasteiger partial charge >= 0.3 is 0 Å². The summed E-state index contributed by atoms with van der Waals surface area (Å²) in [4.78, 5) is 18.7. The molecule has 3 saturated heterocycles. The van der Waals surface area contributed by atoms with Crippen LogP contribution < -0.4 is 5.32 Å². The summed E-state index contributed by atoms with van der Waals surface area (Å²) in [5.74, 6) is -0.0146. The number of ether oxygens (including phenoxy) is 1. The molecule has 1 unspecified atom stereocenters. The molecule has 37 heavy (non-hydrogen) atoms. The van der Waals surface area contributed by atoms with Crippen molar-refractivity contribution in [1.29, 1.82) is 0 Å². The lowest BCUT2D eigenvalue weighted by atomic mass is 9.96. The minimum absolute atomic E-state index is 0.0146. The molecular weight excluding hydrogens is 462 g/mol. The van der Waals surface area contributed by atoms with Crippen LogP contribution in [0.5, 0.6) is 0 Å². The predicted molar refractivity (Wildman–Crippen MR) is 149 cm³/mol. The maximum absolute atomic E-state index is 13.3. The van der Waals surface area contributed by atoms with Crippen molar-refractivity contribution in [1.82, 2.24) is 24.9 Å². The average molecular weight is 510 g/mol. The number of hydrogen-bond donors (Lipinski definition) is 1. The lowest BCUT2D eigenvalue weighted by Gasteiger charge is -2.39. The number of para-hydroxylation sites is 1. The largest absolute Gasteiger partial charge is 0.383 e. The number of benzene rings is 1. The number of nitrogens with one attached hydrogen (secondary N) is 1. The standard InChI is InChI=1S/C30H47N5O2/c1-22(2)35-28-13-7-6-12-27(28)29(32-35)30(36)31-23-19-24-14-15-25(20-23)34(24)18-9-5-4-8-16-33-17-10-11-26(33)21-37-3/h6-7,12-13,22-26H,4-5,8-11,14-21H2,1-3H3,(H,31,36)/t23?,24-,25+,26-/m0/s1. The topological polar surface area (TPSA) is 62.6 Å². The van der Waals surface area contributed by atoms with Gasteiger partial charge in [0, 0.05) is 42.7 Å². The van der Waals surface area contributed by atoms with E-state index in [0.717, 1.165) is 30.4 Å². The number of rotatable bonds is 12. The number of piperidine rings is 1. The Hall–Kier alpha value is -1.96. The van der Waals surface area contributed by atoms with Gasteiger partial charge in [-0.25, -0.2) is 0 Å². The first-order chi connectivity index (χ1) is 18.0. The van der Waals surface area contributed by atoms with Gasteiger partial charge in [-0.15, -0.1) is 0 Å². The number of hydrogen-bond acceptors (Lipinski definition) is 5. The second kappa shape index (κ2) is 12.3. The van der Waals surface area contributed by atoms with Crippen LogP contribution in [-0.4, -0.2) is 83.0 Å². The molecule has 0 saturated carbocycles. The van der Waals surface area contributed by atoms with Crippen LogP contribution >= 0.6 is 0 Å². The lowest BCUT2D eigenvalue weighted by molar-refractivity contribution is 0.0837. The van der Waals surface area contributed by atoms with Gasteiger partial charge in [0.1, 0.15) is 0 Å². The molecule has 3 fully saturated rings. The van der Waals surface area contributed by atoms with Crippen LogP contribution in [0.2, 0.25) is 0 Å². The molecule has 0 spiro atoms. The summed E-state index contributed by atoms with van der Waals surface area (Å²) in [5, 5.41) is 9.03. The molecule has 7 heteroatoms. The van der Waals surface area contributed by atoms with Crippen molar-refractivity contribution in [2.45, 2.75) is 108 Å². The van der Waals surface area contributed by atoms with E-state index in [1.165, 1.54) is 71.0 Å². The molecule has 3 aliphatic heterocycles. The Morgan fingerprint density at radius 1 is 1.05 bits per heavy atom. The number of methoxy groups -OCH3 is 1. The molecular formula is C30H47N5O2. The zero-order valence-corrected chi connectivity index (χ0v) is 23.2. The molecule has 204 valence electrons.